The molecule has 1 aliphatic heterocycles. The number of para-hydroxylation sites is 1. The van der Waals surface area contributed by atoms with E-state index in [2.05, 4.69) is 77.0 Å². The molecule has 1 aliphatic rings. The van der Waals surface area contributed by atoms with Gasteiger partial charge in [0.1, 0.15) is 5.75 Å². The highest BCUT2D eigenvalue weighted by atomic mass is 16.5. The van der Waals surface area contributed by atoms with Crippen LogP contribution in [0, 0.1) is 0 Å². The molecule has 3 heteroatoms. The van der Waals surface area contributed by atoms with Crippen LogP contribution in [0.5, 0.6) is 5.75 Å². The lowest BCUT2D eigenvalue weighted by Gasteiger charge is -2.31. The second-order valence-corrected chi connectivity index (χ2v) is 7.08. The molecular formula is C24H22N2O. The van der Waals surface area contributed by atoms with Crippen LogP contribution < -0.4 is 10.1 Å². The van der Waals surface area contributed by atoms with E-state index in [1.54, 1.807) is 7.11 Å². The van der Waals surface area contributed by atoms with Crippen LogP contribution in [0.1, 0.15) is 34.3 Å². The summed E-state index contributed by atoms with van der Waals surface area (Å²) < 4.78 is 5.33. The molecule has 4 aromatic rings. The van der Waals surface area contributed by atoms with Crippen molar-refractivity contribution in [3.8, 4) is 5.75 Å². The Bertz CT molecular complexity index is 1070. The number of benzene rings is 3. The third-order valence-electron chi connectivity index (χ3n) is 5.59. The SMILES string of the molecule is COc1ccc([C@@H]2CN[C@@H](c3ccccc3)c3[nH]c4ccccc4c32)cc1. The Morgan fingerprint density at radius 1 is 0.815 bits per heavy atom. The monoisotopic (exact) mass is 354 g/mol. The molecule has 2 atom stereocenters. The molecule has 134 valence electrons. The molecule has 2 N–H and O–H groups in total. The fourth-order valence-corrected chi connectivity index (χ4v) is 4.28. The first-order valence-corrected chi connectivity index (χ1v) is 9.38. The number of aromatic amines is 1. The van der Waals surface area contributed by atoms with Gasteiger partial charge >= 0.3 is 0 Å². The van der Waals surface area contributed by atoms with E-state index in [1.807, 2.05) is 12.1 Å². The smallest absolute Gasteiger partial charge is 0.118 e. The zero-order valence-corrected chi connectivity index (χ0v) is 15.3. The van der Waals surface area contributed by atoms with Crippen LogP contribution in [0.3, 0.4) is 0 Å². The summed E-state index contributed by atoms with van der Waals surface area (Å²) in [6.07, 6.45) is 0. The number of aromatic nitrogens is 1. The summed E-state index contributed by atoms with van der Waals surface area (Å²) in [5, 5.41) is 5.08. The summed E-state index contributed by atoms with van der Waals surface area (Å²) in [5.41, 5.74) is 6.47. The predicted molar refractivity (Wildman–Crippen MR) is 109 cm³/mol. The molecule has 1 aromatic heterocycles. The van der Waals surface area contributed by atoms with Crippen molar-refractivity contribution in [3.63, 3.8) is 0 Å². The van der Waals surface area contributed by atoms with E-state index in [0.717, 1.165) is 12.3 Å². The number of rotatable bonds is 3. The molecule has 3 aromatic carbocycles. The van der Waals surface area contributed by atoms with Gasteiger partial charge < -0.3 is 15.0 Å². The molecule has 0 bridgehead atoms. The van der Waals surface area contributed by atoms with Crippen molar-refractivity contribution in [2.45, 2.75) is 12.0 Å². The second kappa shape index (κ2) is 6.60. The van der Waals surface area contributed by atoms with Crippen LogP contribution in [-0.2, 0) is 0 Å². The van der Waals surface area contributed by atoms with Gasteiger partial charge in [0, 0.05) is 29.1 Å². The first kappa shape index (κ1) is 16.2. The van der Waals surface area contributed by atoms with Crippen molar-refractivity contribution >= 4 is 10.9 Å². The standard InChI is InChI=1S/C24H22N2O/c1-27-18-13-11-16(12-14-18)20-15-25-23(17-7-3-2-4-8-17)24-22(20)19-9-5-6-10-21(19)26-24/h2-14,20,23,25-26H,15H2,1H3/t20-,23-/m0/s1. The van der Waals surface area contributed by atoms with Gasteiger partial charge in [-0.05, 0) is 34.9 Å². The maximum atomic E-state index is 5.33. The molecule has 0 spiro atoms. The Morgan fingerprint density at radius 3 is 2.33 bits per heavy atom. The van der Waals surface area contributed by atoms with Crippen LogP contribution in [-0.4, -0.2) is 18.6 Å². The van der Waals surface area contributed by atoms with Crippen LogP contribution >= 0.6 is 0 Å². The Balaban J connectivity index is 1.67. The largest absolute Gasteiger partial charge is 0.497 e. The molecule has 2 heterocycles. The van der Waals surface area contributed by atoms with Gasteiger partial charge in [0.05, 0.1) is 13.2 Å². The zero-order valence-electron chi connectivity index (χ0n) is 15.3. The summed E-state index contributed by atoms with van der Waals surface area (Å²) in [7, 11) is 1.71. The molecule has 0 fully saturated rings. The highest BCUT2D eigenvalue weighted by Gasteiger charge is 2.32. The summed E-state index contributed by atoms with van der Waals surface area (Å²) in [6.45, 7) is 0.904. The molecule has 5 rings (SSSR count). The summed E-state index contributed by atoms with van der Waals surface area (Å²) in [6, 6.07) is 27.9. The molecule has 0 saturated carbocycles. The van der Waals surface area contributed by atoms with Gasteiger partial charge in [0.15, 0.2) is 0 Å². The number of H-pyrrole nitrogens is 1. The minimum Gasteiger partial charge on any atom is -0.497 e. The maximum Gasteiger partial charge on any atom is 0.118 e. The molecule has 0 saturated heterocycles. The van der Waals surface area contributed by atoms with Gasteiger partial charge in [-0.25, -0.2) is 0 Å². The van der Waals surface area contributed by atoms with Crippen molar-refractivity contribution in [2.24, 2.45) is 0 Å². The normalized spacial score (nSPS) is 19.0. The van der Waals surface area contributed by atoms with Crippen LogP contribution in [0.4, 0.5) is 0 Å². The Morgan fingerprint density at radius 2 is 1.56 bits per heavy atom. The number of hydrogen-bond donors (Lipinski definition) is 2. The summed E-state index contributed by atoms with van der Waals surface area (Å²) in [4.78, 5) is 3.70. The average molecular weight is 354 g/mol. The van der Waals surface area contributed by atoms with Crippen molar-refractivity contribution < 1.29 is 4.74 Å². The lowest BCUT2D eigenvalue weighted by molar-refractivity contribution is 0.414. The van der Waals surface area contributed by atoms with E-state index in [-0.39, 0.29) is 6.04 Å². The van der Waals surface area contributed by atoms with Crippen molar-refractivity contribution in [2.75, 3.05) is 13.7 Å². The Hall–Kier alpha value is -3.04. The highest BCUT2D eigenvalue weighted by Crippen LogP contribution is 2.41. The second-order valence-electron chi connectivity index (χ2n) is 7.08. The van der Waals surface area contributed by atoms with Crippen LogP contribution in [0.15, 0.2) is 78.9 Å². The third-order valence-corrected chi connectivity index (χ3v) is 5.59. The first-order valence-electron chi connectivity index (χ1n) is 9.38. The fraction of sp³-hybridized carbons (Fsp3) is 0.167. The molecule has 0 unspecified atom stereocenters. The van der Waals surface area contributed by atoms with Crippen molar-refractivity contribution in [1.29, 1.82) is 0 Å². The number of fused-ring (bicyclic) bond motifs is 3. The number of hydrogen-bond acceptors (Lipinski definition) is 2. The topological polar surface area (TPSA) is 37.0 Å². The Kier molecular flexibility index (Phi) is 3.95. The first-order chi connectivity index (χ1) is 13.3. The molecule has 0 radical (unpaired) electrons. The van der Waals surface area contributed by atoms with Crippen molar-refractivity contribution in [3.05, 3.63) is 101 Å². The van der Waals surface area contributed by atoms with E-state index >= 15 is 0 Å². The lowest BCUT2D eigenvalue weighted by atomic mass is 9.83. The van der Waals surface area contributed by atoms with E-state index in [1.165, 1.54) is 33.3 Å². The molecule has 3 nitrogen and oxygen atoms in total. The van der Waals surface area contributed by atoms with Gasteiger partial charge in [0.25, 0.3) is 0 Å². The van der Waals surface area contributed by atoms with E-state index in [0.29, 0.717) is 5.92 Å². The van der Waals surface area contributed by atoms with Crippen LogP contribution in [0.25, 0.3) is 10.9 Å². The zero-order chi connectivity index (χ0) is 18.2. The lowest BCUT2D eigenvalue weighted by Crippen LogP contribution is -2.34. The Labute approximate surface area is 159 Å². The summed E-state index contributed by atoms with van der Waals surface area (Å²) in [5.74, 6) is 1.20. The van der Waals surface area contributed by atoms with Gasteiger partial charge in [-0.3, -0.25) is 0 Å². The highest BCUT2D eigenvalue weighted by molar-refractivity contribution is 5.86. The minimum atomic E-state index is 0.183. The number of nitrogens with one attached hydrogen (secondary N) is 2. The van der Waals surface area contributed by atoms with Crippen LogP contribution in [0.2, 0.25) is 0 Å². The van der Waals surface area contributed by atoms with Gasteiger partial charge in [-0.2, -0.15) is 0 Å². The fourth-order valence-electron chi connectivity index (χ4n) is 4.28. The maximum absolute atomic E-state index is 5.33. The molecule has 0 amide bonds. The van der Waals surface area contributed by atoms with E-state index < -0.39 is 0 Å². The third kappa shape index (κ3) is 2.71. The summed E-state index contributed by atoms with van der Waals surface area (Å²) >= 11 is 0. The van der Waals surface area contributed by atoms with Crippen molar-refractivity contribution in [1.82, 2.24) is 10.3 Å². The van der Waals surface area contributed by atoms with E-state index in [4.69, 9.17) is 4.74 Å². The predicted octanol–water partition coefficient (Wildman–Crippen LogP) is 5.00. The average Bonchev–Trinajstić information content (AvgIpc) is 3.13. The number of methoxy groups -OCH3 is 1. The van der Waals surface area contributed by atoms with Gasteiger partial charge in [0.2, 0.25) is 0 Å². The molecule has 0 aliphatic carbocycles. The minimum absolute atomic E-state index is 0.183. The van der Waals surface area contributed by atoms with Gasteiger partial charge in [-0.1, -0.05) is 60.7 Å². The quantitative estimate of drug-likeness (QED) is 0.543. The van der Waals surface area contributed by atoms with Gasteiger partial charge in [-0.15, -0.1) is 0 Å². The molecule has 27 heavy (non-hydrogen) atoms. The number of ether oxygens (including phenoxy) is 1. The van der Waals surface area contributed by atoms with E-state index in [9.17, 15) is 0 Å². The molecular weight excluding hydrogens is 332 g/mol.